The second-order valence-corrected chi connectivity index (χ2v) is 6.77. The van der Waals surface area contributed by atoms with Crippen molar-refractivity contribution in [3.8, 4) is 11.1 Å². The molecule has 0 bridgehead atoms. The molecule has 2 aromatic rings. The van der Waals surface area contributed by atoms with Crippen molar-refractivity contribution in [3.05, 3.63) is 54.4 Å². The SMILES string of the molecule is CCC(=O)NC1CCC(NC(=O)c2cncc(-c3ccccc3)c2)CC1. The van der Waals surface area contributed by atoms with Gasteiger partial charge in [0.25, 0.3) is 5.91 Å². The molecule has 3 rings (SSSR count). The molecule has 26 heavy (non-hydrogen) atoms. The van der Waals surface area contributed by atoms with Crippen LogP contribution in [0.2, 0.25) is 0 Å². The van der Waals surface area contributed by atoms with Gasteiger partial charge in [-0.2, -0.15) is 0 Å². The van der Waals surface area contributed by atoms with E-state index in [2.05, 4.69) is 15.6 Å². The number of carbonyl (C=O) groups excluding carboxylic acids is 2. The molecule has 1 heterocycles. The van der Waals surface area contributed by atoms with E-state index in [-0.39, 0.29) is 23.9 Å². The summed E-state index contributed by atoms with van der Waals surface area (Å²) in [7, 11) is 0. The van der Waals surface area contributed by atoms with Gasteiger partial charge in [-0.25, -0.2) is 0 Å². The summed E-state index contributed by atoms with van der Waals surface area (Å²) in [4.78, 5) is 28.3. The second-order valence-electron chi connectivity index (χ2n) is 6.77. The number of amides is 2. The van der Waals surface area contributed by atoms with Gasteiger partial charge in [0.05, 0.1) is 5.56 Å². The minimum Gasteiger partial charge on any atom is -0.353 e. The van der Waals surface area contributed by atoms with Crippen molar-refractivity contribution in [2.45, 2.75) is 51.1 Å². The average molecular weight is 351 g/mol. The maximum absolute atomic E-state index is 12.6. The van der Waals surface area contributed by atoms with Gasteiger partial charge in [0.1, 0.15) is 0 Å². The predicted octanol–water partition coefficient (Wildman–Crippen LogP) is 3.32. The molecule has 2 N–H and O–H groups in total. The summed E-state index contributed by atoms with van der Waals surface area (Å²) in [6.07, 6.45) is 7.46. The molecule has 0 spiro atoms. The third-order valence-corrected chi connectivity index (χ3v) is 4.86. The predicted molar refractivity (Wildman–Crippen MR) is 102 cm³/mol. The summed E-state index contributed by atoms with van der Waals surface area (Å²) >= 11 is 0. The number of carbonyl (C=O) groups is 2. The molecule has 0 saturated heterocycles. The molecular formula is C21H25N3O2. The largest absolute Gasteiger partial charge is 0.353 e. The Balaban J connectivity index is 1.57. The smallest absolute Gasteiger partial charge is 0.253 e. The third kappa shape index (κ3) is 4.69. The van der Waals surface area contributed by atoms with Crippen LogP contribution in [-0.4, -0.2) is 28.9 Å². The van der Waals surface area contributed by atoms with Crippen molar-refractivity contribution in [1.82, 2.24) is 15.6 Å². The highest BCUT2D eigenvalue weighted by Crippen LogP contribution is 2.21. The molecule has 1 fully saturated rings. The highest BCUT2D eigenvalue weighted by molar-refractivity contribution is 5.95. The monoisotopic (exact) mass is 351 g/mol. The zero-order valence-corrected chi connectivity index (χ0v) is 15.1. The molecule has 0 atom stereocenters. The summed E-state index contributed by atoms with van der Waals surface area (Å²) in [6, 6.07) is 12.2. The van der Waals surface area contributed by atoms with Crippen LogP contribution in [0.15, 0.2) is 48.8 Å². The van der Waals surface area contributed by atoms with Gasteiger partial charge in [-0.1, -0.05) is 37.3 Å². The van der Waals surface area contributed by atoms with Crippen LogP contribution in [0.4, 0.5) is 0 Å². The number of aromatic nitrogens is 1. The lowest BCUT2D eigenvalue weighted by atomic mass is 9.91. The normalized spacial score (nSPS) is 19.6. The first-order chi connectivity index (χ1) is 12.7. The minimum absolute atomic E-state index is 0.0867. The van der Waals surface area contributed by atoms with Gasteiger partial charge < -0.3 is 10.6 Å². The highest BCUT2D eigenvalue weighted by Gasteiger charge is 2.23. The fraction of sp³-hybridized carbons (Fsp3) is 0.381. The van der Waals surface area contributed by atoms with Gasteiger partial charge in [0.2, 0.25) is 5.91 Å². The van der Waals surface area contributed by atoms with E-state index in [4.69, 9.17) is 0 Å². The van der Waals surface area contributed by atoms with Crippen molar-refractivity contribution in [3.63, 3.8) is 0 Å². The number of hydrogen-bond donors (Lipinski definition) is 2. The summed E-state index contributed by atoms with van der Waals surface area (Å²) in [5, 5.41) is 6.15. The Morgan fingerprint density at radius 2 is 1.62 bits per heavy atom. The van der Waals surface area contributed by atoms with Crippen LogP contribution in [0.5, 0.6) is 0 Å². The number of nitrogens with one attached hydrogen (secondary N) is 2. The molecule has 1 saturated carbocycles. The second kappa shape index (κ2) is 8.61. The molecule has 0 unspecified atom stereocenters. The highest BCUT2D eigenvalue weighted by atomic mass is 16.2. The maximum Gasteiger partial charge on any atom is 0.253 e. The maximum atomic E-state index is 12.6. The first kappa shape index (κ1) is 18.1. The fourth-order valence-electron chi connectivity index (χ4n) is 3.33. The van der Waals surface area contributed by atoms with Crippen molar-refractivity contribution in [1.29, 1.82) is 0 Å². The van der Waals surface area contributed by atoms with E-state index in [1.165, 1.54) is 0 Å². The van der Waals surface area contributed by atoms with Crippen molar-refractivity contribution < 1.29 is 9.59 Å². The van der Waals surface area contributed by atoms with Crippen molar-refractivity contribution >= 4 is 11.8 Å². The number of benzene rings is 1. The standard InChI is InChI=1S/C21H25N3O2/c1-2-20(25)23-18-8-10-19(11-9-18)24-21(26)17-12-16(13-22-14-17)15-6-4-3-5-7-15/h3-7,12-14,18-19H,2,8-11H2,1H3,(H,23,25)(H,24,26). The van der Waals surface area contributed by atoms with Crippen LogP contribution in [-0.2, 0) is 4.79 Å². The molecule has 1 aromatic carbocycles. The van der Waals surface area contributed by atoms with Gasteiger partial charge in [0.15, 0.2) is 0 Å². The van der Waals surface area contributed by atoms with E-state index >= 15 is 0 Å². The Morgan fingerprint density at radius 1 is 0.962 bits per heavy atom. The van der Waals surface area contributed by atoms with Gasteiger partial charge in [-0.3, -0.25) is 14.6 Å². The van der Waals surface area contributed by atoms with Crippen LogP contribution in [0, 0.1) is 0 Å². The van der Waals surface area contributed by atoms with Crippen LogP contribution in [0.1, 0.15) is 49.4 Å². The van der Waals surface area contributed by atoms with E-state index in [0.717, 1.165) is 36.8 Å². The van der Waals surface area contributed by atoms with Gasteiger partial charge in [0, 0.05) is 36.5 Å². The molecule has 5 nitrogen and oxygen atoms in total. The van der Waals surface area contributed by atoms with E-state index in [1.807, 2.05) is 43.3 Å². The van der Waals surface area contributed by atoms with Crippen LogP contribution in [0.3, 0.4) is 0 Å². The molecule has 0 aliphatic heterocycles. The summed E-state index contributed by atoms with van der Waals surface area (Å²) in [5.74, 6) is 0.0117. The Labute approximate surface area is 154 Å². The lowest BCUT2D eigenvalue weighted by Gasteiger charge is -2.29. The van der Waals surface area contributed by atoms with Crippen LogP contribution >= 0.6 is 0 Å². The number of pyridine rings is 1. The van der Waals surface area contributed by atoms with E-state index < -0.39 is 0 Å². The third-order valence-electron chi connectivity index (χ3n) is 4.86. The topological polar surface area (TPSA) is 71.1 Å². The molecule has 1 aliphatic carbocycles. The zero-order chi connectivity index (χ0) is 18.4. The zero-order valence-electron chi connectivity index (χ0n) is 15.1. The van der Waals surface area contributed by atoms with E-state index in [1.54, 1.807) is 12.4 Å². The quantitative estimate of drug-likeness (QED) is 0.868. The minimum atomic E-state index is -0.0867. The molecule has 5 heteroatoms. The molecule has 136 valence electrons. The van der Waals surface area contributed by atoms with E-state index in [0.29, 0.717) is 12.0 Å². The summed E-state index contributed by atoms with van der Waals surface area (Å²) in [6.45, 7) is 1.86. The van der Waals surface area contributed by atoms with Gasteiger partial charge in [-0.05, 0) is 37.3 Å². The molecule has 2 amide bonds. The van der Waals surface area contributed by atoms with Crippen LogP contribution < -0.4 is 10.6 Å². The molecule has 1 aromatic heterocycles. The Morgan fingerprint density at radius 3 is 2.27 bits per heavy atom. The Kier molecular flexibility index (Phi) is 6.00. The molecular weight excluding hydrogens is 326 g/mol. The van der Waals surface area contributed by atoms with E-state index in [9.17, 15) is 9.59 Å². The first-order valence-corrected chi connectivity index (χ1v) is 9.26. The number of nitrogens with zero attached hydrogens (tertiary/aromatic N) is 1. The summed E-state index contributed by atoms with van der Waals surface area (Å²) < 4.78 is 0. The average Bonchev–Trinajstić information content (AvgIpc) is 2.70. The lowest BCUT2D eigenvalue weighted by molar-refractivity contribution is -0.121. The number of hydrogen-bond acceptors (Lipinski definition) is 3. The van der Waals surface area contributed by atoms with Crippen molar-refractivity contribution in [2.24, 2.45) is 0 Å². The van der Waals surface area contributed by atoms with Crippen molar-refractivity contribution in [2.75, 3.05) is 0 Å². The van der Waals surface area contributed by atoms with Gasteiger partial charge in [-0.15, -0.1) is 0 Å². The Bertz CT molecular complexity index is 753. The lowest BCUT2D eigenvalue weighted by Crippen LogP contribution is -2.43. The van der Waals surface area contributed by atoms with Gasteiger partial charge >= 0.3 is 0 Å². The fourth-order valence-corrected chi connectivity index (χ4v) is 3.33. The Hall–Kier alpha value is -2.69. The first-order valence-electron chi connectivity index (χ1n) is 9.26. The molecule has 0 radical (unpaired) electrons. The number of rotatable bonds is 5. The van der Waals surface area contributed by atoms with Crippen LogP contribution in [0.25, 0.3) is 11.1 Å². The summed E-state index contributed by atoms with van der Waals surface area (Å²) in [5.41, 5.74) is 2.55. The molecule has 1 aliphatic rings.